The number of hydrogen-bond acceptors (Lipinski definition) is 7. The molecule has 32 heavy (non-hydrogen) atoms. The van der Waals surface area contributed by atoms with Crippen molar-refractivity contribution in [1.29, 1.82) is 0 Å². The second kappa shape index (κ2) is 11.6. The lowest BCUT2D eigenvalue weighted by Gasteiger charge is -2.29. The number of amides is 3. The fourth-order valence-electron chi connectivity index (χ4n) is 3.49. The molecule has 1 aliphatic heterocycles. The van der Waals surface area contributed by atoms with Crippen molar-refractivity contribution in [3.05, 3.63) is 35.9 Å². The normalized spacial score (nSPS) is 19.5. The van der Waals surface area contributed by atoms with E-state index in [1.54, 1.807) is 30.3 Å². The van der Waals surface area contributed by atoms with E-state index in [0.717, 1.165) is 5.56 Å². The summed E-state index contributed by atoms with van der Waals surface area (Å²) in [5.41, 5.74) is 6.28. The molecule has 0 bridgehead atoms. The molecule has 0 spiro atoms. The highest BCUT2D eigenvalue weighted by atomic mass is 16.4. The first-order valence-electron chi connectivity index (χ1n) is 10.4. The van der Waals surface area contributed by atoms with Gasteiger partial charge in [0.1, 0.15) is 24.2 Å². The van der Waals surface area contributed by atoms with Crippen LogP contribution in [0, 0.1) is 0 Å². The number of benzene rings is 1. The van der Waals surface area contributed by atoms with Gasteiger partial charge in [0.15, 0.2) is 0 Å². The Morgan fingerprint density at radius 2 is 1.81 bits per heavy atom. The first-order valence-corrected chi connectivity index (χ1v) is 10.4. The third-order valence-corrected chi connectivity index (χ3v) is 5.36. The number of aliphatic carboxylic acids is 1. The van der Waals surface area contributed by atoms with Crippen molar-refractivity contribution >= 4 is 23.7 Å². The summed E-state index contributed by atoms with van der Waals surface area (Å²) in [6.45, 7) is 0.797. The predicted molar refractivity (Wildman–Crippen MR) is 113 cm³/mol. The molecule has 11 nitrogen and oxygen atoms in total. The van der Waals surface area contributed by atoms with Gasteiger partial charge in [-0.05, 0) is 25.3 Å². The molecular formula is C21H30N4O7. The molecule has 1 saturated heterocycles. The summed E-state index contributed by atoms with van der Waals surface area (Å²) in [5, 5.41) is 33.3. The van der Waals surface area contributed by atoms with Crippen molar-refractivity contribution in [2.24, 2.45) is 5.73 Å². The maximum absolute atomic E-state index is 12.9. The van der Waals surface area contributed by atoms with E-state index in [-0.39, 0.29) is 13.0 Å². The lowest BCUT2D eigenvalue weighted by molar-refractivity contribution is -0.145. The van der Waals surface area contributed by atoms with Crippen LogP contribution >= 0.6 is 0 Å². The maximum atomic E-state index is 12.9. The fourth-order valence-corrected chi connectivity index (χ4v) is 3.49. The molecule has 1 heterocycles. The fraction of sp³-hybridized carbons (Fsp3) is 0.524. The zero-order chi connectivity index (χ0) is 23.8. The minimum Gasteiger partial charge on any atom is -0.480 e. The first-order chi connectivity index (χ1) is 15.1. The number of carbonyl (C=O) groups is 4. The van der Waals surface area contributed by atoms with Crippen LogP contribution in [0.3, 0.4) is 0 Å². The Hall–Kier alpha value is -3.02. The molecule has 1 aromatic rings. The van der Waals surface area contributed by atoms with Crippen LogP contribution in [0.5, 0.6) is 0 Å². The van der Waals surface area contributed by atoms with Crippen LogP contribution in [0.1, 0.15) is 25.3 Å². The van der Waals surface area contributed by atoms with Crippen molar-refractivity contribution in [3.63, 3.8) is 0 Å². The number of likely N-dealkylation sites (tertiary alicyclic amines) is 1. The van der Waals surface area contributed by atoms with Crippen molar-refractivity contribution in [3.8, 4) is 0 Å². The summed E-state index contributed by atoms with van der Waals surface area (Å²) >= 11 is 0. The molecule has 0 aromatic heterocycles. The summed E-state index contributed by atoms with van der Waals surface area (Å²) in [6, 6.07) is 4.07. The quantitative estimate of drug-likeness (QED) is 0.236. The summed E-state index contributed by atoms with van der Waals surface area (Å²) in [6.07, 6.45) is -0.268. The van der Waals surface area contributed by atoms with Gasteiger partial charge in [0.05, 0.1) is 12.7 Å². The number of carboxylic acids is 1. The van der Waals surface area contributed by atoms with Crippen LogP contribution < -0.4 is 16.4 Å². The Balaban J connectivity index is 2.06. The van der Waals surface area contributed by atoms with Gasteiger partial charge in [-0.1, -0.05) is 30.3 Å². The number of nitrogens with zero attached hydrogens (tertiary/aromatic N) is 1. The second-order valence-corrected chi connectivity index (χ2v) is 7.79. The molecule has 1 fully saturated rings. The molecule has 0 saturated carbocycles. The van der Waals surface area contributed by atoms with Gasteiger partial charge in [0.25, 0.3) is 0 Å². The Labute approximate surface area is 185 Å². The van der Waals surface area contributed by atoms with Crippen LogP contribution in [0.4, 0.5) is 0 Å². The number of hydrogen-bond donors (Lipinski definition) is 6. The number of aliphatic hydroxyl groups is 2. The van der Waals surface area contributed by atoms with E-state index in [2.05, 4.69) is 10.6 Å². The lowest BCUT2D eigenvalue weighted by atomic mass is 10.1. The molecule has 176 valence electrons. The molecular weight excluding hydrogens is 420 g/mol. The molecule has 7 N–H and O–H groups in total. The number of nitrogens with one attached hydrogen (secondary N) is 2. The highest BCUT2D eigenvalue weighted by Gasteiger charge is 2.39. The Bertz CT molecular complexity index is 818. The minimum absolute atomic E-state index is 0.0785. The van der Waals surface area contributed by atoms with Gasteiger partial charge in [-0.25, -0.2) is 4.79 Å². The zero-order valence-electron chi connectivity index (χ0n) is 17.8. The smallest absolute Gasteiger partial charge is 0.326 e. The second-order valence-electron chi connectivity index (χ2n) is 7.79. The van der Waals surface area contributed by atoms with E-state index in [1.165, 1.54) is 11.8 Å². The van der Waals surface area contributed by atoms with E-state index >= 15 is 0 Å². The number of carbonyl (C=O) groups excluding carboxylic acids is 3. The highest BCUT2D eigenvalue weighted by molar-refractivity contribution is 5.94. The van der Waals surface area contributed by atoms with Gasteiger partial charge in [-0.3, -0.25) is 14.4 Å². The van der Waals surface area contributed by atoms with Gasteiger partial charge in [-0.2, -0.15) is 0 Å². The summed E-state index contributed by atoms with van der Waals surface area (Å²) in [4.78, 5) is 50.6. The van der Waals surface area contributed by atoms with Crippen LogP contribution in [0.2, 0.25) is 0 Å². The van der Waals surface area contributed by atoms with Gasteiger partial charge < -0.3 is 36.6 Å². The third kappa shape index (κ3) is 6.49. The minimum atomic E-state index is -1.35. The number of nitrogens with two attached hydrogens (primary N) is 1. The summed E-state index contributed by atoms with van der Waals surface area (Å²) in [5.74, 6) is -3.33. The molecule has 11 heteroatoms. The molecule has 1 aromatic carbocycles. The molecule has 0 aliphatic carbocycles. The monoisotopic (exact) mass is 450 g/mol. The van der Waals surface area contributed by atoms with Crippen molar-refractivity contribution in [2.45, 2.75) is 56.5 Å². The Kier molecular flexibility index (Phi) is 9.12. The largest absolute Gasteiger partial charge is 0.480 e. The summed E-state index contributed by atoms with van der Waals surface area (Å²) in [7, 11) is 0. The molecule has 0 radical (unpaired) electrons. The first kappa shape index (κ1) is 25.2. The van der Waals surface area contributed by atoms with Crippen LogP contribution in [0.25, 0.3) is 0 Å². The van der Waals surface area contributed by atoms with Crippen molar-refractivity contribution in [2.75, 3.05) is 13.2 Å². The van der Waals surface area contributed by atoms with Crippen LogP contribution in [-0.2, 0) is 25.6 Å². The van der Waals surface area contributed by atoms with Crippen LogP contribution in [-0.4, -0.2) is 87.3 Å². The van der Waals surface area contributed by atoms with Gasteiger partial charge in [-0.15, -0.1) is 0 Å². The topological polar surface area (TPSA) is 182 Å². The van der Waals surface area contributed by atoms with E-state index in [4.69, 9.17) is 5.73 Å². The van der Waals surface area contributed by atoms with E-state index in [1.807, 2.05) is 0 Å². The SMILES string of the molecule is CC(O)C(N)C(=O)NC(CO)C(=O)N1CCCC1C(=O)NC(Cc1ccccc1)C(=O)O. The van der Waals surface area contributed by atoms with Crippen molar-refractivity contribution in [1.82, 2.24) is 15.5 Å². The van der Waals surface area contributed by atoms with E-state index in [9.17, 15) is 34.5 Å². The lowest BCUT2D eigenvalue weighted by Crippen LogP contribution is -2.59. The predicted octanol–water partition coefficient (Wildman–Crippen LogP) is -2.03. The van der Waals surface area contributed by atoms with E-state index in [0.29, 0.717) is 12.8 Å². The zero-order valence-corrected chi connectivity index (χ0v) is 17.8. The number of carboxylic acid groups (broad SMARTS) is 1. The third-order valence-electron chi connectivity index (χ3n) is 5.36. The average Bonchev–Trinajstić information content (AvgIpc) is 3.26. The maximum Gasteiger partial charge on any atom is 0.326 e. The Morgan fingerprint density at radius 1 is 1.16 bits per heavy atom. The van der Waals surface area contributed by atoms with Gasteiger partial charge >= 0.3 is 5.97 Å². The highest BCUT2D eigenvalue weighted by Crippen LogP contribution is 2.19. The molecule has 5 atom stereocenters. The Morgan fingerprint density at radius 3 is 2.38 bits per heavy atom. The number of rotatable bonds is 10. The van der Waals surface area contributed by atoms with Crippen molar-refractivity contribution < 1.29 is 34.5 Å². The number of aliphatic hydroxyl groups excluding tert-OH is 2. The molecule has 3 amide bonds. The van der Waals surface area contributed by atoms with E-state index < -0.39 is 60.6 Å². The average molecular weight is 450 g/mol. The van der Waals surface area contributed by atoms with Gasteiger partial charge in [0, 0.05) is 13.0 Å². The van der Waals surface area contributed by atoms with Crippen LogP contribution in [0.15, 0.2) is 30.3 Å². The molecule has 2 rings (SSSR count). The molecule has 5 unspecified atom stereocenters. The summed E-state index contributed by atoms with van der Waals surface area (Å²) < 4.78 is 0. The van der Waals surface area contributed by atoms with Gasteiger partial charge in [0.2, 0.25) is 17.7 Å². The molecule has 1 aliphatic rings. The standard InChI is InChI=1S/C21H30N4O7/c1-12(27)17(22)19(29)24-15(11-26)20(30)25-9-5-8-16(25)18(28)23-14(21(31)32)10-13-6-3-2-4-7-13/h2-4,6-7,12,14-17,26-27H,5,8-11,22H2,1H3,(H,23,28)(H,24,29)(H,31,32).